The number of aldehydes is 1. The van der Waals surface area contributed by atoms with Gasteiger partial charge in [-0.3, -0.25) is 9.78 Å². The number of carbonyl (C=O) groups is 1. The first-order chi connectivity index (χ1) is 6.93. The van der Waals surface area contributed by atoms with Gasteiger partial charge in [0.05, 0.1) is 0 Å². The average Bonchev–Trinajstić information content (AvgIpc) is 2.33. The van der Waals surface area contributed by atoms with Gasteiger partial charge < -0.3 is 0 Å². The molecule has 0 radical (unpaired) electrons. The van der Waals surface area contributed by atoms with Crippen LogP contribution in [-0.2, 0) is 4.79 Å². The molecule has 0 spiro atoms. The molecule has 0 aliphatic heterocycles. The topological polar surface area (TPSA) is 30.0 Å². The zero-order valence-corrected chi connectivity index (χ0v) is 9.24. The number of rotatable bonds is 0. The molecule has 0 unspecified atom stereocenters. The molecule has 0 N–H and O–H groups in total. The largest absolute Gasteiger partial charge is 0.289 e. The van der Waals surface area contributed by atoms with E-state index >= 15 is 0 Å². The lowest BCUT2D eigenvalue weighted by atomic mass is 10.3. The number of pyridine rings is 1. The SMILES string of the molecule is CC.CC.O=CC#Cc1ccncc1. The minimum absolute atomic E-state index is 0.570. The second-order valence-electron chi connectivity index (χ2n) is 1.62. The van der Waals surface area contributed by atoms with Crippen LogP contribution in [-0.4, -0.2) is 11.3 Å². The molecule has 2 nitrogen and oxygen atoms in total. The average molecular weight is 191 g/mol. The summed E-state index contributed by atoms with van der Waals surface area (Å²) >= 11 is 0. The Bertz CT molecular complexity index is 269. The van der Waals surface area contributed by atoms with Crippen molar-refractivity contribution >= 4 is 6.29 Å². The van der Waals surface area contributed by atoms with Crippen LogP contribution < -0.4 is 0 Å². The van der Waals surface area contributed by atoms with E-state index in [0.29, 0.717) is 6.29 Å². The minimum atomic E-state index is 0.570. The fraction of sp³-hybridized carbons (Fsp3) is 0.333. The lowest BCUT2D eigenvalue weighted by molar-refractivity contribution is -0.103. The first-order valence-electron chi connectivity index (χ1n) is 4.78. The standard InChI is InChI=1S/C8H5NO.2C2H6/c10-7-1-2-8-3-5-9-6-4-8;2*1-2/h3-7H;2*1-2H3. The highest BCUT2D eigenvalue weighted by Crippen LogP contribution is 1.90. The monoisotopic (exact) mass is 191 g/mol. The summed E-state index contributed by atoms with van der Waals surface area (Å²) < 4.78 is 0. The summed E-state index contributed by atoms with van der Waals surface area (Å²) in [6.07, 6.45) is 3.84. The third kappa shape index (κ3) is 8.48. The molecule has 0 fully saturated rings. The molecule has 1 aromatic rings. The van der Waals surface area contributed by atoms with Gasteiger partial charge in [-0.1, -0.05) is 33.6 Å². The molecule has 1 rings (SSSR count). The zero-order valence-electron chi connectivity index (χ0n) is 9.24. The summed E-state index contributed by atoms with van der Waals surface area (Å²) in [6.45, 7) is 8.00. The number of aromatic nitrogens is 1. The molecule has 1 heterocycles. The van der Waals surface area contributed by atoms with Crippen LogP contribution in [0.3, 0.4) is 0 Å². The number of carbonyl (C=O) groups excluding carboxylic acids is 1. The minimum Gasteiger partial charge on any atom is -0.289 e. The van der Waals surface area contributed by atoms with E-state index in [2.05, 4.69) is 16.8 Å². The van der Waals surface area contributed by atoms with Crippen molar-refractivity contribution < 1.29 is 4.79 Å². The summed E-state index contributed by atoms with van der Waals surface area (Å²) in [6, 6.07) is 3.49. The highest BCUT2D eigenvalue weighted by Gasteiger charge is 1.79. The van der Waals surface area contributed by atoms with Gasteiger partial charge in [0.15, 0.2) is 6.29 Å². The van der Waals surface area contributed by atoms with Gasteiger partial charge in [-0.25, -0.2) is 0 Å². The van der Waals surface area contributed by atoms with Gasteiger partial charge in [0, 0.05) is 18.0 Å². The summed E-state index contributed by atoms with van der Waals surface area (Å²) in [5.74, 6) is 4.94. The molecule has 0 saturated carbocycles. The summed E-state index contributed by atoms with van der Waals surface area (Å²) in [5.41, 5.74) is 0.808. The lowest BCUT2D eigenvalue weighted by Gasteiger charge is -1.82. The Balaban J connectivity index is 0. The van der Waals surface area contributed by atoms with Gasteiger partial charge in [-0.2, -0.15) is 0 Å². The highest BCUT2D eigenvalue weighted by atomic mass is 16.1. The normalized spacial score (nSPS) is 6.29. The molecule has 0 atom stereocenters. The van der Waals surface area contributed by atoms with Crippen molar-refractivity contribution in [1.29, 1.82) is 0 Å². The van der Waals surface area contributed by atoms with E-state index < -0.39 is 0 Å². The molecule has 0 bridgehead atoms. The third-order valence-corrected chi connectivity index (χ3v) is 0.956. The van der Waals surface area contributed by atoms with Crippen LogP contribution in [0.4, 0.5) is 0 Å². The molecule has 0 saturated heterocycles. The van der Waals surface area contributed by atoms with E-state index in [4.69, 9.17) is 0 Å². The highest BCUT2D eigenvalue weighted by molar-refractivity contribution is 5.73. The molecule has 1 aromatic heterocycles. The van der Waals surface area contributed by atoms with Crippen LogP contribution in [0.25, 0.3) is 0 Å². The van der Waals surface area contributed by atoms with Crippen LogP contribution in [0.2, 0.25) is 0 Å². The molecule has 0 aromatic carbocycles. The zero-order chi connectivity index (χ0) is 11.2. The Hall–Kier alpha value is -1.62. The van der Waals surface area contributed by atoms with Crippen molar-refractivity contribution in [3.8, 4) is 11.8 Å². The third-order valence-electron chi connectivity index (χ3n) is 0.956. The molecular weight excluding hydrogens is 174 g/mol. The molecular formula is C12H17NO. The van der Waals surface area contributed by atoms with Gasteiger partial charge in [0.25, 0.3) is 0 Å². The van der Waals surface area contributed by atoms with Crippen molar-refractivity contribution in [2.45, 2.75) is 27.7 Å². The Kier molecular flexibility index (Phi) is 14.8. The summed E-state index contributed by atoms with van der Waals surface area (Å²) in [5, 5.41) is 0. The maximum atomic E-state index is 9.79. The van der Waals surface area contributed by atoms with E-state index in [9.17, 15) is 4.79 Å². The smallest absolute Gasteiger partial charge is 0.193 e. The van der Waals surface area contributed by atoms with Crippen LogP contribution in [0.15, 0.2) is 24.5 Å². The van der Waals surface area contributed by atoms with E-state index in [1.165, 1.54) is 0 Å². The molecule has 0 aliphatic carbocycles. The predicted molar refractivity (Wildman–Crippen MR) is 59.9 cm³/mol. The van der Waals surface area contributed by atoms with Crippen LogP contribution >= 0.6 is 0 Å². The van der Waals surface area contributed by atoms with Crippen molar-refractivity contribution in [2.75, 3.05) is 0 Å². The van der Waals surface area contributed by atoms with Gasteiger partial charge in [0.1, 0.15) is 0 Å². The first kappa shape index (κ1) is 14.9. The van der Waals surface area contributed by atoms with Crippen molar-refractivity contribution in [2.24, 2.45) is 0 Å². The van der Waals surface area contributed by atoms with Gasteiger partial charge >= 0.3 is 0 Å². The molecule has 0 amide bonds. The van der Waals surface area contributed by atoms with E-state index in [0.717, 1.165) is 5.56 Å². The van der Waals surface area contributed by atoms with Gasteiger partial charge in [0.2, 0.25) is 0 Å². The van der Waals surface area contributed by atoms with Crippen LogP contribution in [0.5, 0.6) is 0 Å². The molecule has 14 heavy (non-hydrogen) atoms. The summed E-state index contributed by atoms with van der Waals surface area (Å²) in [7, 11) is 0. The first-order valence-corrected chi connectivity index (χ1v) is 4.78. The number of nitrogens with zero attached hydrogens (tertiary/aromatic N) is 1. The Morgan fingerprint density at radius 2 is 1.64 bits per heavy atom. The molecule has 0 aliphatic rings. The quantitative estimate of drug-likeness (QED) is 0.466. The van der Waals surface area contributed by atoms with Crippen molar-refractivity contribution in [1.82, 2.24) is 4.98 Å². The van der Waals surface area contributed by atoms with Crippen LogP contribution in [0.1, 0.15) is 33.3 Å². The van der Waals surface area contributed by atoms with Gasteiger partial charge in [-0.15, -0.1) is 0 Å². The Morgan fingerprint density at radius 3 is 2.07 bits per heavy atom. The lowest BCUT2D eigenvalue weighted by Crippen LogP contribution is -1.73. The van der Waals surface area contributed by atoms with E-state index in [-0.39, 0.29) is 0 Å². The molecule has 76 valence electrons. The summed E-state index contributed by atoms with van der Waals surface area (Å²) in [4.78, 5) is 13.6. The Labute approximate surface area is 86.4 Å². The second-order valence-corrected chi connectivity index (χ2v) is 1.62. The fourth-order valence-electron chi connectivity index (χ4n) is 0.548. The second kappa shape index (κ2) is 13.9. The number of hydrogen-bond donors (Lipinski definition) is 0. The maximum absolute atomic E-state index is 9.79. The number of hydrogen-bond acceptors (Lipinski definition) is 2. The van der Waals surface area contributed by atoms with E-state index in [1.807, 2.05) is 27.7 Å². The van der Waals surface area contributed by atoms with Gasteiger partial charge in [-0.05, 0) is 18.1 Å². The van der Waals surface area contributed by atoms with Crippen molar-refractivity contribution in [3.63, 3.8) is 0 Å². The Morgan fingerprint density at radius 1 is 1.14 bits per heavy atom. The fourth-order valence-corrected chi connectivity index (χ4v) is 0.548. The maximum Gasteiger partial charge on any atom is 0.193 e. The predicted octanol–water partition coefficient (Wildman–Crippen LogP) is 2.68. The molecule has 2 heteroatoms. The van der Waals surface area contributed by atoms with E-state index in [1.54, 1.807) is 24.5 Å². The van der Waals surface area contributed by atoms with Crippen LogP contribution in [0, 0.1) is 11.8 Å². The van der Waals surface area contributed by atoms with Crippen molar-refractivity contribution in [3.05, 3.63) is 30.1 Å².